The standard InChI is InChI=1S/C24H34N4O7/c1-28-11-9-7-5-4-6-8-10-18(23(31)32)25-21(29)16-12-15(13-17(16)22(28)30)35-20-14-19(33-2)26-24(27-20)34-3/h4,6,14-18H,5,7-13H2,1-3H3,(H,25,29)(H,31,32). The molecule has 11 heteroatoms. The molecule has 192 valence electrons. The fourth-order valence-electron chi connectivity index (χ4n) is 4.50. The number of carbonyl (C=O) groups excluding carboxylic acids is 2. The van der Waals surface area contributed by atoms with E-state index in [-0.39, 0.29) is 36.5 Å². The molecule has 0 saturated heterocycles. The number of rotatable bonds is 5. The molecule has 2 N–H and O–H groups in total. The van der Waals surface area contributed by atoms with Crippen LogP contribution in [0.2, 0.25) is 0 Å². The maximum atomic E-state index is 13.3. The third-order valence-corrected chi connectivity index (χ3v) is 6.40. The van der Waals surface area contributed by atoms with Crippen LogP contribution in [-0.2, 0) is 14.4 Å². The van der Waals surface area contributed by atoms with Crippen molar-refractivity contribution in [1.82, 2.24) is 20.2 Å². The van der Waals surface area contributed by atoms with Gasteiger partial charge in [0, 0.05) is 13.6 Å². The lowest BCUT2D eigenvalue weighted by Gasteiger charge is -2.25. The molecule has 1 aliphatic heterocycles. The molecular formula is C24H34N4O7. The van der Waals surface area contributed by atoms with Gasteiger partial charge < -0.3 is 29.5 Å². The minimum atomic E-state index is -1.10. The Hall–Kier alpha value is -3.37. The first-order valence-corrected chi connectivity index (χ1v) is 11.9. The zero-order valence-corrected chi connectivity index (χ0v) is 20.4. The third kappa shape index (κ3) is 7.06. The van der Waals surface area contributed by atoms with Crippen molar-refractivity contribution in [1.29, 1.82) is 0 Å². The Morgan fingerprint density at radius 2 is 1.77 bits per heavy atom. The largest absolute Gasteiger partial charge is 0.481 e. The maximum absolute atomic E-state index is 13.3. The Kier molecular flexibility index (Phi) is 9.27. The average molecular weight is 491 g/mol. The van der Waals surface area contributed by atoms with Gasteiger partial charge in [-0.3, -0.25) is 9.59 Å². The second-order valence-corrected chi connectivity index (χ2v) is 8.86. The van der Waals surface area contributed by atoms with Gasteiger partial charge in [-0.05, 0) is 44.9 Å². The van der Waals surface area contributed by atoms with E-state index >= 15 is 0 Å². The van der Waals surface area contributed by atoms with Crippen LogP contribution in [-0.4, -0.2) is 77.7 Å². The Labute approximate surface area is 204 Å². The Bertz CT molecular complexity index is 916. The van der Waals surface area contributed by atoms with Gasteiger partial charge in [0.2, 0.25) is 23.6 Å². The highest BCUT2D eigenvalue weighted by Crippen LogP contribution is 2.36. The summed E-state index contributed by atoms with van der Waals surface area (Å²) in [5, 5.41) is 12.3. The van der Waals surface area contributed by atoms with Gasteiger partial charge in [0.25, 0.3) is 0 Å². The molecule has 11 nitrogen and oxygen atoms in total. The molecule has 0 aromatic carbocycles. The molecule has 2 amide bonds. The SMILES string of the molecule is COc1cc(OC2CC3C(=O)NC(C(=O)O)CCC=CCCCCN(C)C(=O)C3C2)nc(OC)n1. The number of hydrogen-bond donors (Lipinski definition) is 2. The molecule has 3 rings (SSSR count). The second-order valence-electron chi connectivity index (χ2n) is 8.86. The van der Waals surface area contributed by atoms with Crippen LogP contribution in [0.3, 0.4) is 0 Å². The van der Waals surface area contributed by atoms with Crippen molar-refractivity contribution in [3.63, 3.8) is 0 Å². The molecule has 4 unspecified atom stereocenters. The van der Waals surface area contributed by atoms with E-state index in [0.717, 1.165) is 19.3 Å². The number of fused-ring (bicyclic) bond motifs is 1. The Morgan fingerprint density at radius 3 is 2.49 bits per heavy atom. The smallest absolute Gasteiger partial charge is 0.326 e. The van der Waals surface area contributed by atoms with Crippen molar-refractivity contribution < 1.29 is 33.7 Å². The molecular weight excluding hydrogens is 456 g/mol. The lowest BCUT2D eigenvalue weighted by Crippen LogP contribution is -2.46. The lowest BCUT2D eigenvalue weighted by atomic mass is 9.93. The molecule has 35 heavy (non-hydrogen) atoms. The summed E-state index contributed by atoms with van der Waals surface area (Å²) < 4.78 is 16.3. The number of amides is 2. The van der Waals surface area contributed by atoms with Gasteiger partial charge in [0.1, 0.15) is 12.1 Å². The number of carboxylic acid groups (broad SMARTS) is 1. The Morgan fingerprint density at radius 1 is 1.06 bits per heavy atom. The van der Waals surface area contributed by atoms with Gasteiger partial charge in [-0.2, -0.15) is 9.97 Å². The summed E-state index contributed by atoms with van der Waals surface area (Å²) >= 11 is 0. The molecule has 2 heterocycles. The fourth-order valence-corrected chi connectivity index (χ4v) is 4.50. The second kappa shape index (κ2) is 12.4. The summed E-state index contributed by atoms with van der Waals surface area (Å²) in [6, 6.07) is 0.547. The molecule has 0 bridgehead atoms. The van der Waals surface area contributed by atoms with Gasteiger partial charge in [0.05, 0.1) is 32.1 Å². The molecule has 1 aromatic heterocycles. The monoisotopic (exact) mass is 490 g/mol. The predicted octanol–water partition coefficient (Wildman–Crippen LogP) is 1.82. The highest BCUT2D eigenvalue weighted by molar-refractivity contribution is 5.90. The van der Waals surface area contributed by atoms with Crippen molar-refractivity contribution in [3.05, 3.63) is 18.2 Å². The molecule has 0 spiro atoms. The average Bonchev–Trinajstić information content (AvgIpc) is 3.26. The van der Waals surface area contributed by atoms with Crippen molar-refractivity contribution in [2.24, 2.45) is 11.8 Å². The van der Waals surface area contributed by atoms with Gasteiger partial charge in [0.15, 0.2) is 0 Å². The number of aromatic nitrogens is 2. The predicted molar refractivity (Wildman–Crippen MR) is 125 cm³/mol. The zero-order chi connectivity index (χ0) is 25.4. The van der Waals surface area contributed by atoms with Crippen LogP contribution in [0, 0.1) is 11.8 Å². The lowest BCUT2D eigenvalue weighted by molar-refractivity contribution is -0.144. The number of methoxy groups -OCH3 is 2. The molecule has 1 fully saturated rings. The van der Waals surface area contributed by atoms with Gasteiger partial charge in [-0.15, -0.1) is 0 Å². The number of aliphatic carboxylic acids is 1. The van der Waals surface area contributed by atoms with Crippen LogP contribution in [0.25, 0.3) is 0 Å². The quantitative estimate of drug-likeness (QED) is 0.591. The van der Waals surface area contributed by atoms with Crippen molar-refractivity contribution >= 4 is 17.8 Å². The van der Waals surface area contributed by atoms with Gasteiger partial charge >= 0.3 is 12.0 Å². The van der Waals surface area contributed by atoms with Crippen LogP contribution in [0.1, 0.15) is 44.9 Å². The first-order chi connectivity index (χ1) is 16.8. The number of carboxylic acids is 1. The van der Waals surface area contributed by atoms with Crippen molar-refractivity contribution in [2.75, 3.05) is 27.8 Å². The number of nitrogens with one attached hydrogen (secondary N) is 1. The topological polar surface area (TPSA) is 140 Å². The fraction of sp³-hybridized carbons (Fsp3) is 0.625. The van der Waals surface area contributed by atoms with E-state index in [1.165, 1.54) is 20.3 Å². The zero-order valence-electron chi connectivity index (χ0n) is 20.4. The third-order valence-electron chi connectivity index (χ3n) is 6.40. The van der Waals surface area contributed by atoms with E-state index < -0.39 is 35.9 Å². The summed E-state index contributed by atoms with van der Waals surface area (Å²) in [6.07, 6.45) is 7.49. The van der Waals surface area contributed by atoms with E-state index in [1.807, 2.05) is 12.2 Å². The highest BCUT2D eigenvalue weighted by Gasteiger charge is 2.45. The Balaban J connectivity index is 1.82. The summed E-state index contributed by atoms with van der Waals surface area (Å²) in [5.74, 6) is -2.58. The van der Waals surface area contributed by atoms with Crippen LogP contribution in [0.4, 0.5) is 0 Å². The number of nitrogens with zero attached hydrogens (tertiary/aromatic N) is 3. The molecule has 2 aliphatic rings. The molecule has 4 atom stereocenters. The van der Waals surface area contributed by atoms with E-state index in [1.54, 1.807) is 11.9 Å². The van der Waals surface area contributed by atoms with Crippen molar-refractivity contribution in [3.8, 4) is 17.8 Å². The van der Waals surface area contributed by atoms with Crippen molar-refractivity contribution in [2.45, 2.75) is 57.1 Å². The molecule has 1 saturated carbocycles. The van der Waals surface area contributed by atoms with E-state index in [0.29, 0.717) is 19.4 Å². The van der Waals surface area contributed by atoms with E-state index in [2.05, 4.69) is 15.3 Å². The molecule has 1 aliphatic carbocycles. The number of hydrogen-bond acceptors (Lipinski definition) is 8. The summed E-state index contributed by atoms with van der Waals surface area (Å²) in [6.45, 7) is 0.584. The minimum Gasteiger partial charge on any atom is -0.481 e. The molecule has 0 radical (unpaired) electrons. The van der Waals surface area contributed by atoms with Crippen LogP contribution in [0.15, 0.2) is 18.2 Å². The van der Waals surface area contributed by atoms with Crippen LogP contribution < -0.4 is 19.5 Å². The van der Waals surface area contributed by atoms with Crippen LogP contribution in [0.5, 0.6) is 17.8 Å². The highest BCUT2D eigenvalue weighted by atomic mass is 16.5. The minimum absolute atomic E-state index is 0.0683. The molecule has 1 aromatic rings. The summed E-state index contributed by atoms with van der Waals surface area (Å²) in [5.41, 5.74) is 0. The van der Waals surface area contributed by atoms with Gasteiger partial charge in [-0.25, -0.2) is 4.79 Å². The number of ether oxygens (including phenoxy) is 3. The normalized spacial score (nSPS) is 26.2. The van der Waals surface area contributed by atoms with E-state index in [9.17, 15) is 19.5 Å². The maximum Gasteiger partial charge on any atom is 0.326 e. The summed E-state index contributed by atoms with van der Waals surface area (Å²) in [4.78, 5) is 48.2. The van der Waals surface area contributed by atoms with E-state index in [4.69, 9.17) is 14.2 Å². The first kappa shape index (κ1) is 26.2. The van der Waals surface area contributed by atoms with Gasteiger partial charge in [-0.1, -0.05) is 12.2 Å². The number of allylic oxidation sites excluding steroid dienone is 2. The summed E-state index contributed by atoms with van der Waals surface area (Å²) in [7, 11) is 4.62. The number of carbonyl (C=O) groups is 3. The first-order valence-electron chi connectivity index (χ1n) is 11.9. The van der Waals surface area contributed by atoms with Crippen LogP contribution >= 0.6 is 0 Å².